The molecule has 1 aromatic carbocycles. The van der Waals surface area contributed by atoms with Crippen molar-refractivity contribution in [3.05, 3.63) is 35.2 Å². The molecular weight excluding hydrogens is 412 g/mol. The molecule has 2 amide bonds. The Kier molecular flexibility index (Phi) is 7.33. The summed E-state index contributed by atoms with van der Waals surface area (Å²) in [5.41, 5.74) is 2.59. The van der Waals surface area contributed by atoms with Gasteiger partial charge in [0, 0.05) is 30.1 Å². The molecule has 1 atom stereocenters. The van der Waals surface area contributed by atoms with Crippen molar-refractivity contribution >= 4 is 28.5 Å². The lowest BCUT2D eigenvalue weighted by molar-refractivity contribution is -0.121. The monoisotopic (exact) mass is 444 g/mol. The molecule has 168 valence electrons. The standard InChI is InChI=1S/C23H32N4O3S/c1-15-6-8-17(9-7-15)19-14-31-21(25-19)26-20(28)16(2)27-12-10-18(11-13-27)24-22(29)30-23(3,4)5/h6-9,14,16,18H,10-13H2,1-5H3,(H,24,29)(H,25,26,28). The van der Waals surface area contributed by atoms with Crippen molar-refractivity contribution in [3.63, 3.8) is 0 Å². The number of rotatable bonds is 5. The van der Waals surface area contributed by atoms with E-state index in [2.05, 4.69) is 32.7 Å². The Balaban J connectivity index is 1.48. The zero-order valence-electron chi connectivity index (χ0n) is 18.9. The van der Waals surface area contributed by atoms with E-state index in [9.17, 15) is 9.59 Å². The maximum Gasteiger partial charge on any atom is 0.407 e. The molecule has 1 aromatic heterocycles. The second kappa shape index (κ2) is 9.78. The number of anilines is 1. The number of amides is 2. The highest BCUT2D eigenvalue weighted by Crippen LogP contribution is 2.25. The Morgan fingerprint density at radius 2 is 1.84 bits per heavy atom. The van der Waals surface area contributed by atoms with E-state index in [1.807, 2.05) is 52.1 Å². The Hall–Kier alpha value is -2.45. The van der Waals surface area contributed by atoms with Gasteiger partial charge >= 0.3 is 6.09 Å². The Morgan fingerprint density at radius 1 is 1.19 bits per heavy atom. The highest BCUT2D eigenvalue weighted by atomic mass is 32.1. The van der Waals surface area contributed by atoms with Crippen molar-refractivity contribution in [3.8, 4) is 11.3 Å². The van der Waals surface area contributed by atoms with Crippen LogP contribution >= 0.6 is 11.3 Å². The molecule has 1 fully saturated rings. The molecule has 1 aliphatic heterocycles. The van der Waals surface area contributed by atoms with Crippen LogP contribution in [0, 0.1) is 6.92 Å². The van der Waals surface area contributed by atoms with Gasteiger partial charge in [-0.25, -0.2) is 9.78 Å². The fourth-order valence-electron chi connectivity index (χ4n) is 3.47. The van der Waals surface area contributed by atoms with Gasteiger partial charge in [-0.1, -0.05) is 29.8 Å². The summed E-state index contributed by atoms with van der Waals surface area (Å²) in [6, 6.07) is 7.97. The molecule has 31 heavy (non-hydrogen) atoms. The van der Waals surface area contributed by atoms with Crippen LogP contribution in [0.3, 0.4) is 0 Å². The number of thiazole rings is 1. The fourth-order valence-corrected chi connectivity index (χ4v) is 4.19. The van der Waals surface area contributed by atoms with Crippen molar-refractivity contribution in [1.29, 1.82) is 0 Å². The lowest BCUT2D eigenvalue weighted by atomic mass is 10.0. The smallest absolute Gasteiger partial charge is 0.407 e. The highest BCUT2D eigenvalue weighted by Gasteiger charge is 2.28. The summed E-state index contributed by atoms with van der Waals surface area (Å²) >= 11 is 1.43. The fraction of sp³-hybridized carbons (Fsp3) is 0.522. The minimum absolute atomic E-state index is 0.0663. The number of alkyl carbamates (subject to hydrolysis) is 1. The second-order valence-corrected chi connectivity index (χ2v) is 9.88. The van der Waals surface area contributed by atoms with Crippen molar-refractivity contribution < 1.29 is 14.3 Å². The molecule has 0 spiro atoms. The van der Waals surface area contributed by atoms with E-state index in [0.717, 1.165) is 37.2 Å². The molecule has 2 heterocycles. The average molecular weight is 445 g/mol. The van der Waals surface area contributed by atoms with E-state index in [0.29, 0.717) is 5.13 Å². The van der Waals surface area contributed by atoms with Crippen LogP contribution in [0.15, 0.2) is 29.6 Å². The molecule has 0 aliphatic carbocycles. The molecule has 3 rings (SSSR count). The molecule has 7 nitrogen and oxygen atoms in total. The van der Waals surface area contributed by atoms with E-state index in [4.69, 9.17) is 4.74 Å². The zero-order valence-corrected chi connectivity index (χ0v) is 19.7. The number of likely N-dealkylation sites (tertiary alicyclic amines) is 1. The van der Waals surface area contributed by atoms with Crippen LogP contribution in [0.4, 0.5) is 9.93 Å². The summed E-state index contributed by atoms with van der Waals surface area (Å²) in [5, 5.41) is 8.44. The molecule has 2 N–H and O–H groups in total. The molecule has 0 bridgehead atoms. The maximum atomic E-state index is 12.7. The number of hydrogen-bond acceptors (Lipinski definition) is 6. The number of aromatic nitrogens is 1. The van der Waals surface area contributed by atoms with Gasteiger partial charge < -0.3 is 15.4 Å². The number of aryl methyl sites for hydroxylation is 1. The molecule has 0 saturated carbocycles. The van der Waals surface area contributed by atoms with E-state index in [1.54, 1.807) is 0 Å². The number of nitrogens with one attached hydrogen (secondary N) is 2. The molecule has 0 radical (unpaired) electrons. The van der Waals surface area contributed by atoms with Gasteiger partial charge in [0.25, 0.3) is 0 Å². The van der Waals surface area contributed by atoms with Crippen molar-refractivity contribution in [2.45, 2.75) is 65.1 Å². The average Bonchev–Trinajstić information content (AvgIpc) is 3.15. The third-order valence-corrected chi connectivity index (χ3v) is 6.02. The van der Waals surface area contributed by atoms with Crippen molar-refractivity contribution in [2.24, 2.45) is 0 Å². The van der Waals surface area contributed by atoms with E-state index >= 15 is 0 Å². The Morgan fingerprint density at radius 3 is 2.45 bits per heavy atom. The summed E-state index contributed by atoms with van der Waals surface area (Å²) in [6.45, 7) is 11.0. The third-order valence-electron chi connectivity index (χ3n) is 5.26. The first-order valence-electron chi connectivity index (χ1n) is 10.7. The van der Waals surface area contributed by atoms with E-state index in [1.165, 1.54) is 16.9 Å². The SMILES string of the molecule is Cc1ccc(-c2csc(NC(=O)C(C)N3CCC(NC(=O)OC(C)(C)C)CC3)n2)cc1. The van der Waals surface area contributed by atoms with Gasteiger partial charge in [-0.3, -0.25) is 9.69 Å². The van der Waals surface area contributed by atoms with Crippen LogP contribution in [0.25, 0.3) is 11.3 Å². The van der Waals surface area contributed by atoms with Crippen LogP contribution in [0.2, 0.25) is 0 Å². The van der Waals surface area contributed by atoms with E-state index in [-0.39, 0.29) is 24.1 Å². The minimum Gasteiger partial charge on any atom is -0.444 e. The predicted molar refractivity (Wildman–Crippen MR) is 124 cm³/mol. The second-order valence-electron chi connectivity index (χ2n) is 9.03. The molecule has 1 aliphatic rings. The van der Waals surface area contributed by atoms with Crippen molar-refractivity contribution in [1.82, 2.24) is 15.2 Å². The summed E-state index contributed by atoms with van der Waals surface area (Å²) in [4.78, 5) is 31.4. The van der Waals surface area contributed by atoms with Gasteiger partial charge in [-0.2, -0.15) is 0 Å². The lowest BCUT2D eigenvalue weighted by Crippen LogP contribution is -2.51. The number of carbonyl (C=O) groups excluding carboxylic acids is 2. The number of nitrogens with zero attached hydrogens (tertiary/aromatic N) is 2. The summed E-state index contributed by atoms with van der Waals surface area (Å²) < 4.78 is 5.33. The first-order chi connectivity index (χ1) is 14.6. The highest BCUT2D eigenvalue weighted by molar-refractivity contribution is 7.14. The van der Waals surface area contributed by atoms with Gasteiger partial charge in [-0.15, -0.1) is 11.3 Å². The third kappa shape index (κ3) is 6.77. The lowest BCUT2D eigenvalue weighted by Gasteiger charge is -2.35. The van der Waals surface area contributed by atoms with Gasteiger partial charge in [-0.05, 0) is 47.5 Å². The zero-order chi connectivity index (χ0) is 22.6. The predicted octanol–water partition coefficient (Wildman–Crippen LogP) is 4.43. The summed E-state index contributed by atoms with van der Waals surface area (Å²) in [7, 11) is 0. The first-order valence-corrected chi connectivity index (χ1v) is 11.6. The first kappa shape index (κ1) is 23.2. The molecular formula is C23H32N4O3S. The van der Waals surface area contributed by atoms with Crippen molar-refractivity contribution in [2.75, 3.05) is 18.4 Å². The van der Waals surface area contributed by atoms with Gasteiger partial charge in [0.2, 0.25) is 5.91 Å². The van der Waals surface area contributed by atoms with Crippen LogP contribution < -0.4 is 10.6 Å². The molecule has 2 aromatic rings. The number of carbonyl (C=O) groups is 2. The van der Waals surface area contributed by atoms with Gasteiger partial charge in [0.15, 0.2) is 5.13 Å². The maximum absolute atomic E-state index is 12.7. The van der Waals surface area contributed by atoms with Crippen LogP contribution in [-0.4, -0.2) is 52.7 Å². The van der Waals surface area contributed by atoms with Crippen LogP contribution in [0.5, 0.6) is 0 Å². The minimum atomic E-state index is -0.507. The Labute approximate surface area is 188 Å². The number of benzene rings is 1. The largest absolute Gasteiger partial charge is 0.444 e. The summed E-state index contributed by atoms with van der Waals surface area (Å²) in [5.74, 6) is -0.0663. The number of hydrogen-bond donors (Lipinski definition) is 2. The number of ether oxygens (including phenoxy) is 1. The van der Waals surface area contributed by atoms with E-state index < -0.39 is 5.60 Å². The molecule has 8 heteroatoms. The normalized spacial score (nSPS) is 16.5. The van der Waals surface area contributed by atoms with Crippen LogP contribution in [-0.2, 0) is 9.53 Å². The molecule has 1 unspecified atom stereocenters. The number of piperidine rings is 1. The molecule has 1 saturated heterocycles. The van der Waals surface area contributed by atoms with Crippen LogP contribution in [0.1, 0.15) is 46.1 Å². The topological polar surface area (TPSA) is 83.6 Å². The van der Waals surface area contributed by atoms with Gasteiger partial charge in [0.1, 0.15) is 5.60 Å². The quantitative estimate of drug-likeness (QED) is 0.713. The van der Waals surface area contributed by atoms with Gasteiger partial charge in [0.05, 0.1) is 11.7 Å². The summed E-state index contributed by atoms with van der Waals surface area (Å²) in [6.07, 6.45) is 1.18. The Bertz CT molecular complexity index is 896.